The molecule has 7 nitrogen and oxygen atoms in total. The predicted molar refractivity (Wildman–Crippen MR) is 84.2 cm³/mol. The van der Waals surface area contributed by atoms with Crippen molar-refractivity contribution in [2.75, 3.05) is 7.11 Å². The molecule has 1 rings (SSSR count). The lowest BCUT2D eigenvalue weighted by Crippen LogP contribution is -2.45. The van der Waals surface area contributed by atoms with E-state index in [1.807, 2.05) is 5.32 Å². The maximum atomic E-state index is 12.1. The van der Waals surface area contributed by atoms with Gasteiger partial charge in [-0.3, -0.25) is 14.9 Å². The fourth-order valence-corrected chi connectivity index (χ4v) is 2.10. The topological polar surface area (TPSA) is 108 Å². The van der Waals surface area contributed by atoms with E-state index in [4.69, 9.17) is 26.8 Å². The Hall–Kier alpha value is -2.28. The number of carbonyl (C=O) groups excluding carboxylic acids is 3. The summed E-state index contributed by atoms with van der Waals surface area (Å²) < 4.78 is 10.3. The average Bonchev–Trinajstić information content (AvgIpc) is 2.43. The van der Waals surface area contributed by atoms with Gasteiger partial charge in [0.2, 0.25) is 0 Å². The van der Waals surface area contributed by atoms with Gasteiger partial charge in [0.05, 0.1) is 13.5 Å². The van der Waals surface area contributed by atoms with Crippen molar-refractivity contribution in [3.63, 3.8) is 0 Å². The van der Waals surface area contributed by atoms with Crippen molar-refractivity contribution in [3.8, 4) is 5.75 Å². The number of ether oxygens (including phenoxy) is 2. The Labute approximate surface area is 139 Å². The van der Waals surface area contributed by atoms with Crippen molar-refractivity contribution in [2.24, 2.45) is 11.7 Å². The minimum Gasteiger partial charge on any atom is -0.496 e. The van der Waals surface area contributed by atoms with Crippen molar-refractivity contribution >= 4 is 29.5 Å². The zero-order chi connectivity index (χ0) is 17.6. The second-order valence-electron chi connectivity index (χ2n) is 5.14. The van der Waals surface area contributed by atoms with Gasteiger partial charge in [-0.25, -0.2) is 4.79 Å². The van der Waals surface area contributed by atoms with Crippen molar-refractivity contribution in [1.29, 1.82) is 0 Å². The number of amides is 3. The molecule has 0 aliphatic carbocycles. The molecule has 0 spiro atoms. The normalized spacial score (nSPS) is 11.7. The van der Waals surface area contributed by atoms with E-state index in [2.05, 4.69) is 0 Å². The summed E-state index contributed by atoms with van der Waals surface area (Å²) in [7, 11) is 1.47. The van der Waals surface area contributed by atoms with Gasteiger partial charge in [-0.05, 0) is 24.1 Å². The molecular formula is C15H19ClN2O5. The van der Waals surface area contributed by atoms with E-state index in [1.165, 1.54) is 7.11 Å². The Bertz CT molecular complexity index is 604. The van der Waals surface area contributed by atoms with Gasteiger partial charge in [-0.1, -0.05) is 25.4 Å². The molecule has 23 heavy (non-hydrogen) atoms. The van der Waals surface area contributed by atoms with E-state index in [0.29, 0.717) is 16.3 Å². The molecule has 0 fully saturated rings. The number of benzene rings is 1. The molecule has 0 saturated carbocycles. The quantitative estimate of drug-likeness (QED) is 0.764. The first-order valence-electron chi connectivity index (χ1n) is 6.86. The summed E-state index contributed by atoms with van der Waals surface area (Å²) in [5, 5.41) is 2.35. The first kappa shape index (κ1) is 18.8. The number of methoxy groups -OCH3 is 1. The Morgan fingerprint density at radius 3 is 2.48 bits per heavy atom. The second-order valence-corrected chi connectivity index (χ2v) is 5.58. The lowest BCUT2D eigenvalue weighted by atomic mass is 10.1. The van der Waals surface area contributed by atoms with Crippen LogP contribution in [0.5, 0.6) is 5.75 Å². The number of halogens is 1. The van der Waals surface area contributed by atoms with Gasteiger partial charge in [0.1, 0.15) is 5.75 Å². The number of primary amides is 1. The highest BCUT2D eigenvalue weighted by atomic mass is 35.5. The standard InChI is InChI=1S/C15H19ClN2O5/c1-8(2)13(14(20)18-15(17)21)23-12(19)7-9-6-10(16)4-5-11(9)22-3/h4-6,8,13H,7H2,1-3H3,(H3,17,18,20,21)/t13-/m1/s1. The number of hydrogen-bond acceptors (Lipinski definition) is 5. The molecule has 1 atom stereocenters. The van der Waals surface area contributed by atoms with Crippen LogP contribution in [0, 0.1) is 5.92 Å². The molecule has 3 amide bonds. The number of nitrogens with two attached hydrogens (primary N) is 1. The zero-order valence-electron chi connectivity index (χ0n) is 13.1. The summed E-state index contributed by atoms with van der Waals surface area (Å²) in [6, 6.07) is 3.83. The van der Waals surface area contributed by atoms with Crippen molar-refractivity contribution in [3.05, 3.63) is 28.8 Å². The lowest BCUT2D eigenvalue weighted by Gasteiger charge is -2.20. The molecule has 126 valence electrons. The first-order chi connectivity index (χ1) is 10.7. The van der Waals surface area contributed by atoms with Crippen LogP contribution in [-0.2, 0) is 20.7 Å². The van der Waals surface area contributed by atoms with Crippen LogP contribution in [0.1, 0.15) is 19.4 Å². The molecule has 0 aromatic heterocycles. The minimum absolute atomic E-state index is 0.128. The van der Waals surface area contributed by atoms with Crippen LogP contribution in [0.4, 0.5) is 4.79 Å². The van der Waals surface area contributed by atoms with Crippen LogP contribution < -0.4 is 15.8 Å². The molecule has 0 saturated heterocycles. The highest BCUT2D eigenvalue weighted by molar-refractivity contribution is 6.30. The molecule has 3 N–H and O–H groups in total. The van der Waals surface area contributed by atoms with Crippen molar-refractivity contribution in [2.45, 2.75) is 26.4 Å². The average molecular weight is 343 g/mol. The summed E-state index contributed by atoms with van der Waals surface area (Å²) in [6.45, 7) is 3.36. The zero-order valence-corrected chi connectivity index (χ0v) is 13.8. The largest absolute Gasteiger partial charge is 0.496 e. The third-order valence-electron chi connectivity index (χ3n) is 2.95. The van der Waals surface area contributed by atoms with Crippen LogP contribution in [0.3, 0.4) is 0 Å². The maximum Gasteiger partial charge on any atom is 0.318 e. The van der Waals surface area contributed by atoms with Gasteiger partial charge >= 0.3 is 12.0 Å². The number of carbonyl (C=O) groups is 3. The predicted octanol–water partition coefficient (Wildman–Crippen LogP) is 1.65. The smallest absolute Gasteiger partial charge is 0.318 e. The fraction of sp³-hybridized carbons (Fsp3) is 0.400. The molecule has 1 aromatic carbocycles. The Balaban J connectivity index is 2.82. The summed E-state index contributed by atoms with van der Waals surface area (Å²) in [6.07, 6.45) is -1.25. The van der Waals surface area contributed by atoms with Gasteiger partial charge in [-0.15, -0.1) is 0 Å². The van der Waals surface area contributed by atoms with Gasteiger partial charge in [-0.2, -0.15) is 0 Å². The Morgan fingerprint density at radius 1 is 1.30 bits per heavy atom. The third kappa shape index (κ3) is 5.78. The van der Waals surface area contributed by atoms with Crippen molar-refractivity contribution < 1.29 is 23.9 Å². The number of imide groups is 1. The molecule has 0 radical (unpaired) electrons. The summed E-state index contributed by atoms with van der Waals surface area (Å²) in [5.41, 5.74) is 5.43. The second kappa shape index (κ2) is 8.38. The Kier molecular flexibility index (Phi) is 6.84. The van der Waals surface area contributed by atoms with Gasteiger partial charge in [0.25, 0.3) is 5.91 Å². The molecule has 0 aliphatic heterocycles. The van der Waals surface area contributed by atoms with E-state index in [0.717, 1.165) is 0 Å². The molecule has 0 heterocycles. The van der Waals surface area contributed by atoms with Crippen LogP contribution >= 0.6 is 11.6 Å². The molecule has 0 bridgehead atoms. The number of esters is 1. The number of urea groups is 1. The monoisotopic (exact) mass is 342 g/mol. The van der Waals surface area contributed by atoms with Gasteiger partial charge < -0.3 is 15.2 Å². The van der Waals surface area contributed by atoms with Gasteiger partial charge in [0, 0.05) is 10.6 Å². The Morgan fingerprint density at radius 2 is 1.96 bits per heavy atom. The van der Waals surface area contributed by atoms with E-state index < -0.39 is 24.0 Å². The maximum absolute atomic E-state index is 12.1. The summed E-state index contributed by atoms with van der Waals surface area (Å²) in [5.74, 6) is -1.27. The number of hydrogen-bond donors (Lipinski definition) is 2. The number of rotatable bonds is 6. The van der Waals surface area contributed by atoms with Gasteiger partial charge in [0.15, 0.2) is 6.10 Å². The first-order valence-corrected chi connectivity index (χ1v) is 7.24. The number of nitrogens with one attached hydrogen (secondary N) is 1. The minimum atomic E-state index is -1.12. The third-order valence-corrected chi connectivity index (χ3v) is 3.18. The van der Waals surface area contributed by atoms with E-state index in [1.54, 1.807) is 32.0 Å². The van der Waals surface area contributed by atoms with Crippen LogP contribution in [0.25, 0.3) is 0 Å². The van der Waals surface area contributed by atoms with Crippen LogP contribution in [0.15, 0.2) is 18.2 Å². The fourth-order valence-electron chi connectivity index (χ4n) is 1.91. The van der Waals surface area contributed by atoms with Crippen LogP contribution in [-0.4, -0.2) is 31.1 Å². The summed E-state index contributed by atoms with van der Waals surface area (Å²) in [4.78, 5) is 34.7. The lowest BCUT2D eigenvalue weighted by molar-refractivity contribution is -0.157. The van der Waals surface area contributed by atoms with Crippen LogP contribution in [0.2, 0.25) is 5.02 Å². The van der Waals surface area contributed by atoms with E-state index in [9.17, 15) is 14.4 Å². The molecule has 8 heteroatoms. The van der Waals surface area contributed by atoms with E-state index >= 15 is 0 Å². The highest BCUT2D eigenvalue weighted by Crippen LogP contribution is 2.23. The molecule has 0 aliphatic rings. The molecule has 1 aromatic rings. The molecule has 0 unspecified atom stereocenters. The highest BCUT2D eigenvalue weighted by Gasteiger charge is 2.27. The summed E-state index contributed by atoms with van der Waals surface area (Å²) >= 11 is 5.90. The molecular weight excluding hydrogens is 324 g/mol. The van der Waals surface area contributed by atoms with Crippen molar-refractivity contribution in [1.82, 2.24) is 5.32 Å². The van der Waals surface area contributed by atoms with E-state index in [-0.39, 0.29) is 12.3 Å². The SMILES string of the molecule is COc1ccc(Cl)cc1CC(=O)O[C@@H](C(=O)NC(N)=O)C(C)C.